The molecular weight excluding hydrogens is 206 g/mol. The van der Waals surface area contributed by atoms with E-state index in [9.17, 15) is 4.79 Å². The molecule has 0 aliphatic carbocycles. The molecule has 0 radical (unpaired) electrons. The van der Waals surface area contributed by atoms with Gasteiger partial charge in [-0.15, -0.1) is 0 Å². The Morgan fingerprint density at radius 3 is 2.54 bits per heavy atom. The van der Waals surface area contributed by atoms with Gasteiger partial charge in [0.2, 0.25) is 0 Å². The van der Waals surface area contributed by atoms with Crippen LogP contribution in [0.2, 0.25) is 0 Å². The standard InChI is InChI=1S/C8H17NO2S2/c1-3-6(13-12-2)4-5-7(9)8(10)11/h6-7H,3-5,9H2,1-2H3,(H,10,11). The molecule has 0 rings (SSSR count). The van der Waals surface area contributed by atoms with Crippen molar-refractivity contribution in [3.63, 3.8) is 0 Å². The minimum atomic E-state index is -0.899. The van der Waals surface area contributed by atoms with Crippen LogP contribution in [-0.4, -0.2) is 28.6 Å². The fourth-order valence-electron chi connectivity index (χ4n) is 0.945. The molecule has 0 spiro atoms. The zero-order valence-corrected chi connectivity index (χ0v) is 9.66. The number of carboxylic acids is 1. The van der Waals surface area contributed by atoms with Crippen molar-refractivity contribution in [3.05, 3.63) is 0 Å². The summed E-state index contributed by atoms with van der Waals surface area (Å²) in [5.74, 6) is -0.899. The third-order valence-corrected chi connectivity index (χ3v) is 4.23. The van der Waals surface area contributed by atoms with Crippen LogP contribution in [-0.2, 0) is 4.79 Å². The van der Waals surface area contributed by atoms with Crippen LogP contribution in [0.15, 0.2) is 0 Å². The Morgan fingerprint density at radius 1 is 1.54 bits per heavy atom. The van der Waals surface area contributed by atoms with Crippen LogP contribution in [0.5, 0.6) is 0 Å². The van der Waals surface area contributed by atoms with Gasteiger partial charge in [0.15, 0.2) is 0 Å². The Hall–Kier alpha value is 0.130. The van der Waals surface area contributed by atoms with Crippen molar-refractivity contribution in [2.75, 3.05) is 6.26 Å². The summed E-state index contributed by atoms with van der Waals surface area (Å²) >= 11 is 0. The van der Waals surface area contributed by atoms with Crippen LogP contribution in [0.25, 0.3) is 0 Å². The van der Waals surface area contributed by atoms with Gasteiger partial charge in [0.05, 0.1) is 0 Å². The van der Waals surface area contributed by atoms with Gasteiger partial charge in [-0.05, 0) is 25.5 Å². The Bertz CT molecular complexity index is 155. The first-order valence-electron chi connectivity index (χ1n) is 4.29. The second kappa shape index (κ2) is 7.53. The summed E-state index contributed by atoms with van der Waals surface area (Å²) in [5, 5.41) is 9.09. The zero-order valence-electron chi connectivity index (χ0n) is 8.03. The Balaban J connectivity index is 3.64. The predicted molar refractivity (Wildman–Crippen MR) is 60.0 cm³/mol. The van der Waals surface area contributed by atoms with E-state index in [2.05, 4.69) is 6.92 Å². The molecule has 0 aromatic heterocycles. The van der Waals surface area contributed by atoms with Crippen LogP contribution >= 0.6 is 21.6 Å². The maximum Gasteiger partial charge on any atom is 0.320 e. The lowest BCUT2D eigenvalue weighted by Crippen LogP contribution is -2.30. The van der Waals surface area contributed by atoms with Crippen LogP contribution in [0.3, 0.4) is 0 Å². The number of aliphatic carboxylic acids is 1. The number of hydrogen-bond donors (Lipinski definition) is 2. The average molecular weight is 223 g/mol. The lowest BCUT2D eigenvalue weighted by atomic mass is 10.1. The monoisotopic (exact) mass is 223 g/mol. The van der Waals surface area contributed by atoms with E-state index in [0.29, 0.717) is 11.7 Å². The van der Waals surface area contributed by atoms with E-state index in [1.807, 2.05) is 6.26 Å². The van der Waals surface area contributed by atoms with Crippen LogP contribution in [0.4, 0.5) is 0 Å². The van der Waals surface area contributed by atoms with Gasteiger partial charge in [-0.25, -0.2) is 0 Å². The molecule has 0 aliphatic heterocycles. The molecule has 78 valence electrons. The predicted octanol–water partition coefficient (Wildman–Crippen LogP) is 1.97. The largest absolute Gasteiger partial charge is 0.480 e. The molecule has 0 saturated carbocycles. The second-order valence-electron chi connectivity index (χ2n) is 2.82. The van der Waals surface area contributed by atoms with Gasteiger partial charge < -0.3 is 10.8 Å². The molecule has 2 atom stereocenters. The quantitative estimate of drug-likeness (QED) is 0.646. The molecule has 0 amide bonds. The highest BCUT2D eigenvalue weighted by molar-refractivity contribution is 8.76. The number of carboxylic acid groups (broad SMARTS) is 1. The summed E-state index contributed by atoms with van der Waals surface area (Å²) < 4.78 is 0. The first-order chi connectivity index (χ1) is 6.11. The Labute approximate surface area is 87.2 Å². The lowest BCUT2D eigenvalue weighted by Gasteiger charge is -2.13. The molecule has 13 heavy (non-hydrogen) atoms. The molecule has 2 unspecified atom stereocenters. The van der Waals surface area contributed by atoms with Crippen LogP contribution in [0, 0.1) is 0 Å². The Kier molecular flexibility index (Phi) is 7.60. The van der Waals surface area contributed by atoms with E-state index in [0.717, 1.165) is 12.8 Å². The summed E-state index contributed by atoms with van der Waals surface area (Å²) in [6.07, 6.45) is 4.55. The smallest absolute Gasteiger partial charge is 0.320 e. The van der Waals surface area contributed by atoms with E-state index in [-0.39, 0.29) is 0 Å². The molecule has 3 nitrogen and oxygen atoms in total. The highest BCUT2D eigenvalue weighted by atomic mass is 33.1. The van der Waals surface area contributed by atoms with Crippen molar-refractivity contribution < 1.29 is 9.90 Å². The summed E-state index contributed by atoms with van der Waals surface area (Å²) in [6.45, 7) is 2.11. The van der Waals surface area contributed by atoms with Crippen LogP contribution < -0.4 is 5.73 Å². The fraction of sp³-hybridized carbons (Fsp3) is 0.875. The van der Waals surface area contributed by atoms with E-state index >= 15 is 0 Å². The van der Waals surface area contributed by atoms with Crippen LogP contribution in [0.1, 0.15) is 26.2 Å². The van der Waals surface area contributed by atoms with E-state index in [1.165, 1.54) is 0 Å². The number of hydrogen-bond acceptors (Lipinski definition) is 4. The van der Waals surface area contributed by atoms with E-state index in [1.54, 1.807) is 21.6 Å². The summed E-state index contributed by atoms with van der Waals surface area (Å²) in [4.78, 5) is 10.4. The maximum atomic E-state index is 10.4. The molecule has 0 fully saturated rings. The van der Waals surface area contributed by atoms with Crippen molar-refractivity contribution in [2.24, 2.45) is 5.73 Å². The van der Waals surface area contributed by atoms with Crippen molar-refractivity contribution in [3.8, 4) is 0 Å². The number of rotatable bonds is 7. The van der Waals surface area contributed by atoms with Gasteiger partial charge in [-0.2, -0.15) is 0 Å². The number of carbonyl (C=O) groups is 1. The highest BCUT2D eigenvalue weighted by Crippen LogP contribution is 2.29. The van der Waals surface area contributed by atoms with Crippen molar-refractivity contribution in [1.82, 2.24) is 0 Å². The fourth-order valence-corrected chi connectivity index (χ4v) is 3.10. The van der Waals surface area contributed by atoms with Gasteiger partial charge >= 0.3 is 5.97 Å². The summed E-state index contributed by atoms with van der Waals surface area (Å²) in [5.41, 5.74) is 5.40. The minimum absolute atomic E-state index is 0.528. The molecular formula is C8H17NO2S2. The molecule has 0 bridgehead atoms. The molecule has 0 aromatic rings. The zero-order chi connectivity index (χ0) is 10.3. The van der Waals surface area contributed by atoms with Gasteiger partial charge in [0.25, 0.3) is 0 Å². The minimum Gasteiger partial charge on any atom is -0.480 e. The molecule has 0 heterocycles. The van der Waals surface area contributed by atoms with Gasteiger partial charge in [-0.3, -0.25) is 4.79 Å². The third kappa shape index (κ3) is 6.23. The Morgan fingerprint density at radius 2 is 2.15 bits per heavy atom. The third-order valence-electron chi connectivity index (χ3n) is 1.80. The lowest BCUT2D eigenvalue weighted by molar-refractivity contribution is -0.138. The molecule has 0 aromatic carbocycles. The second-order valence-corrected chi connectivity index (χ2v) is 5.59. The van der Waals surface area contributed by atoms with E-state index < -0.39 is 12.0 Å². The highest BCUT2D eigenvalue weighted by Gasteiger charge is 2.14. The SMILES string of the molecule is CCC(CCC(N)C(=O)O)SSC. The van der Waals surface area contributed by atoms with Crippen molar-refractivity contribution in [1.29, 1.82) is 0 Å². The molecule has 0 saturated heterocycles. The first-order valence-corrected chi connectivity index (χ1v) is 6.91. The molecule has 5 heteroatoms. The van der Waals surface area contributed by atoms with Gasteiger partial charge in [0.1, 0.15) is 6.04 Å². The maximum absolute atomic E-state index is 10.4. The summed E-state index contributed by atoms with van der Waals surface area (Å²) in [7, 11) is 3.52. The average Bonchev–Trinajstić information content (AvgIpc) is 2.11. The topological polar surface area (TPSA) is 63.3 Å². The van der Waals surface area contributed by atoms with Gasteiger partial charge in [-0.1, -0.05) is 28.5 Å². The number of nitrogens with two attached hydrogens (primary N) is 1. The summed E-state index contributed by atoms with van der Waals surface area (Å²) in [6, 6.07) is -0.698. The van der Waals surface area contributed by atoms with E-state index in [4.69, 9.17) is 10.8 Å². The molecule has 3 N–H and O–H groups in total. The van der Waals surface area contributed by atoms with Crippen molar-refractivity contribution >= 4 is 27.6 Å². The first kappa shape index (κ1) is 13.1. The van der Waals surface area contributed by atoms with Gasteiger partial charge in [0, 0.05) is 5.25 Å². The normalized spacial score (nSPS) is 15.3. The molecule has 0 aliphatic rings. The van der Waals surface area contributed by atoms with Crippen molar-refractivity contribution in [2.45, 2.75) is 37.5 Å².